The molecule has 0 fully saturated rings. The number of nitrogens with one attached hydrogen (secondary N) is 2. The van der Waals surface area contributed by atoms with Crippen molar-refractivity contribution in [2.45, 2.75) is 19.4 Å². The van der Waals surface area contributed by atoms with Crippen LogP contribution in [-0.4, -0.2) is 61.8 Å². The lowest BCUT2D eigenvalue weighted by Gasteiger charge is -2.33. The first-order chi connectivity index (χ1) is 13.6. The van der Waals surface area contributed by atoms with Crippen molar-refractivity contribution in [1.82, 2.24) is 29.6 Å². The molecule has 0 radical (unpaired) electrons. The number of aromatic amines is 1. The lowest BCUT2D eigenvalue weighted by molar-refractivity contribution is 0.0590. The molecule has 0 spiro atoms. The molecule has 0 aromatic carbocycles. The van der Waals surface area contributed by atoms with E-state index in [0.717, 1.165) is 29.3 Å². The van der Waals surface area contributed by atoms with E-state index in [9.17, 15) is 4.79 Å². The average molecular weight is 381 g/mol. The normalized spacial score (nSPS) is 16.3. The predicted octanol–water partition coefficient (Wildman–Crippen LogP) is 1.98. The quantitative estimate of drug-likeness (QED) is 0.677. The van der Waals surface area contributed by atoms with Gasteiger partial charge in [0.15, 0.2) is 0 Å². The molecular weight excluding hydrogens is 358 g/mol. The lowest BCUT2D eigenvalue weighted by atomic mass is 10.0. The Bertz CT molecular complexity index is 994. The molecule has 146 valence electrons. The first-order valence-corrected chi connectivity index (χ1v) is 9.17. The highest BCUT2D eigenvalue weighted by Gasteiger charge is 2.31. The second-order valence-corrected chi connectivity index (χ2v) is 6.85. The van der Waals surface area contributed by atoms with Gasteiger partial charge in [-0.1, -0.05) is 0 Å². The average Bonchev–Trinajstić information content (AvgIpc) is 3.28. The number of hydrogen-bond acceptors (Lipinski definition) is 6. The summed E-state index contributed by atoms with van der Waals surface area (Å²) in [6, 6.07) is 5.66. The fourth-order valence-corrected chi connectivity index (χ4v) is 3.44. The van der Waals surface area contributed by atoms with Gasteiger partial charge in [-0.2, -0.15) is 5.10 Å². The van der Waals surface area contributed by atoms with Gasteiger partial charge in [0, 0.05) is 51.1 Å². The Morgan fingerprint density at radius 2 is 2.21 bits per heavy atom. The number of rotatable bonds is 6. The molecule has 2 N–H and O–H groups in total. The fraction of sp³-hybridized carbons (Fsp3) is 0.368. The molecule has 1 aliphatic rings. The van der Waals surface area contributed by atoms with Crippen molar-refractivity contribution in [2.75, 3.05) is 25.6 Å². The Morgan fingerprint density at radius 3 is 2.96 bits per heavy atom. The van der Waals surface area contributed by atoms with Gasteiger partial charge in [0.05, 0.1) is 29.8 Å². The predicted molar refractivity (Wildman–Crippen MR) is 104 cm³/mol. The highest BCUT2D eigenvalue weighted by Crippen LogP contribution is 2.28. The van der Waals surface area contributed by atoms with Crippen LogP contribution in [0.5, 0.6) is 0 Å². The van der Waals surface area contributed by atoms with Gasteiger partial charge >= 0.3 is 0 Å². The Balaban J connectivity index is 1.60. The zero-order chi connectivity index (χ0) is 19.7. The van der Waals surface area contributed by atoms with Gasteiger partial charge in [-0.05, 0) is 19.1 Å². The monoisotopic (exact) mass is 381 g/mol. The maximum atomic E-state index is 12.9. The van der Waals surface area contributed by atoms with Gasteiger partial charge in [0.1, 0.15) is 5.82 Å². The van der Waals surface area contributed by atoms with Crippen LogP contribution in [0.3, 0.4) is 0 Å². The summed E-state index contributed by atoms with van der Waals surface area (Å²) in [5, 5.41) is 7.27. The summed E-state index contributed by atoms with van der Waals surface area (Å²) in [5.74, 6) is 1.28. The zero-order valence-electron chi connectivity index (χ0n) is 16.1. The Kier molecular flexibility index (Phi) is 4.82. The molecule has 9 nitrogen and oxygen atoms in total. The van der Waals surface area contributed by atoms with Crippen LogP contribution in [-0.2, 0) is 18.2 Å². The minimum absolute atomic E-state index is 0.0237. The summed E-state index contributed by atoms with van der Waals surface area (Å²) in [6.07, 6.45) is 4.17. The molecule has 0 saturated carbocycles. The summed E-state index contributed by atoms with van der Waals surface area (Å²) >= 11 is 0. The molecule has 3 aromatic heterocycles. The van der Waals surface area contributed by atoms with Crippen LogP contribution in [0.15, 0.2) is 30.6 Å². The number of aryl methyl sites for hydroxylation is 1. The van der Waals surface area contributed by atoms with Gasteiger partial charge in [0.2, 0.25) is 5.95 Å². The largest absolute Gasteiger partial charge is 0.383 e. The maximum absolute atomic E-state index is 12.9. The number of nitrogens with zero attached hydrogens (tertiary/aromatic N) is 5. The van der Waals surface area contributed by atoms with Gasteiger partial charge in [-0.3, -0.25) is 9.48 Å². The summed E-state index contributed by atoms with van der Waals surface area (Å²) in [4.78, 5) is 27.0. The molecule has 4 heterocycles. The van der Waals surface area contributed by atoms with Crippen LogP contribution in [0, 0.1) is 0 Å². The van der Waals surface area contributed by atoms with Crippen LogP contribution < -0.4 is 5.32 Å². The van der Waals surface area contributed by atoms with Crippen molar-refractivity contribution >= 4 is 17.7 Å². The molecule has 1 aliphatic heterocycles. The minimum atomic E-state index is 0.0237. The fourth-order valence-electron chi connectivity index (χ4n) is 3.44. The molecule has 1 amide bonds. The van der Waals surface area contributed by atoms with Crippen LogP contribution in [0.1, 0.15) is 23.0 Å². The second-order valence-electron chi connectivity index (χ2n) is 6.85. The first kappa shape index (κ1) is 18.2. The minimum Gasteiger partial charge on any atom is -0.383 e. The molecule has 0 aliphatic carbocycles. The molecule has 9 heteroatoms. The number of carbonyl (C=O) groups excluding carboxylic acids is 1. The van der Waals surface area contributed by atoms with E-state index in [-0.39, 0.29) is 11.9 Å². The SMILES string of the molecule is COCCN1C(=O)c2cc(-c3ccnc(Nc4ccnn4C)n3)[nH]c2C[C@H]1C. The number of anilines is 2. The van der Waals surface area contributed by atoms with E-state index in [0.29, 0.717) is 24.7 Å². The van der Waals surface area contributed by atoms with Crippen molar-refractivity contribution in [3.63, 3.8) is 0 Å². The topological polar surface area (TPSA) is 101 Å². The van der Waals surface area contributed by atoms with Crippen molar-refractivity contribution in [3.8, 4) is 11.4 Å². The summed E-state index contributed by atoms with van der Waals surface area (Å²) < 4.78 is 6.84. The molecule has 0 saturated heterocycles. The summed E-state index contributed by atoms with van der Waals surface area (Å²) in [7, 11) is 3.48. The third-order valence-electron chi connectivity index (χ3n) is 4.95. The number of amides is 1. The van der Waals surface area contributed by atoms with Crippen molar-refractivity contribution in [1.29, 1.82) is 0 Å². The summed E-state index contributed by atoms with van der Waals surface area (Å²) in [6.45, 7) is 3.16. The van der Waals surface area contributed by atoms with Crippen molar-refractivity contribution < 1.29 is 9.53 Å². The summed E-state index contributed by atoms with van der Waals surface area (Å²) in [5.41, 5.74) is 3.16. The van der Waals surface area contributed by atoms with Crippen LogP contribution >= 0.6 is 0 Å². The van der Waals surface area contributed by atoms with E-state index in [1.807, 2.05) is 30.1 Å². The van der Waals surface area contributed by atoms with Gasteiger partial charge < -0.3 is 19.9 Å². The Morgan fingerprint density at radius 1 is 1.36 bits per heavy atom. The van der Waals surface area contributed by atoms with Crippen LogP contribution in [0.4, 0.5) is 11.8 Å². The van der Waals surface area contributed by atoms with Gasteiger partial charge in [-0.25, -0.2) is 9.97 Å². The molecule has 0 unspecified atom stereocenters. The standard InChI is InChI=1S/C19H23N7O2/c1-12-10-15-13(18(27)26(12)8-9-28-3)11-16(22-15)14-4-6-20-19(23-14)24-17-5-7-21-25(17)2/h4-7,11-12,22H,8-10H2,1-3H3,(H,20,23,24)/t12-/m1/s1. The molecule has 28 heavy (non-hydrogen) atoms. The van der Waals surface area contributed by atoms with Crippen LogP contribution in [0.2, 0.25) is 0 Å². The van der Waals surface area contributed by atoms with Gasteiger partial charge in [0.25, 0.3) is 5.91 Å². The van der Waals surface area contributed by atoms with Crippen molar-refractivity contribution in [3.05, 3.63) is 41.9 Å². The number of carbonyl (C=O) groups is 1. The second kappa shape index (κ2) is 7.43. The van der Waals surface area contributed by atoms with E-state index in [1.54, 1.807) is 24.2 Å². The molecule has 0 bridgehead atoms. The van der Waals surface area contributed by atoms with E-state index >= 15 is 0 Å². The number of hydrogen-bond donors (Lipinski definition) is 2. The zero-order valence-corrected chi connectivity index (χ0v) is 16.1. The highest BCUT2D eigenvalue weighted by atomic mass is 16.5. The molecule has 3 aromatic rings. The van der Waals surface area contributed by atoms with Crippen molar-refractivity contribution in [2.24, 2.45) is 7.05 Å². The first-order valence-electron chi connectivity index (χ1n) is 9.17. The third-order valence-corrected chi connectivity index (χ3v) is 4.95. The Hall–Kier alpha value is -3.20. The number of ether oxygens (including phenoxy) is 1. The Labute approximate surface area is 162 Å². The van der Waals surface area contributed by atoms with E-state index in [2.05, 4.69) is 32.3 Å². The van der Waals surface area contributed by atoms with Crippen LogP contribution in [0.25, 0.3) is 11.4 Å². The highest BCUT2D eigenvalue weighted by molar-refractivity contribution is 5.98. The number of H-pyrrole nitrogens is 1. The maximum Gasteiger partial charge on any atom is 0.256 e. The van der Waals surface area contributed by atoms with E-state index in [1.165, 1.54) is 0 Å². The molecule has 1 atom stereocenters. The van der Waals surface area contributed by atoms with Gasteiger partial charge in [-0.15, -0.1) is 0 Å². The smallest absolute Gasteiger partial charge is 0.256 e. The molecule has 4 rings (SSSR count). The number of fused-ring (bicyclic) bond motifs is 1. The third kappa shape index (κ3) is 3.36. The number of methoxy groups -OCH3 is 1. The van der Waals surface area contributed by atoms with E-state index in [4.69, 9.17) is 4.74 Å². The lowest BCUT2D eigenvalue weighted by Crippen LogP contribution is -2.45. The van der Waals surface area contributed by atoms with E-state index < -0.39 is 0 Å². The molecular formula is C19H23N7O2. The number of aromatic nitrogens is 5.